The van der Waals surface area contributed by atoms with Crippen LogP contribution >= 0.6 is 0 Å². The fraction of sp³-hybridized carbons (Fsp3) is 0.370. The first-order valence-electron chi connectivity index (χ1n) is 11.2. The number of rotatable bonds is 6. The number of nitrogens with zero attached hydrogens (tertiary/aromatic N) is 1. The van der Waals surface area contributed by atoms with Gasteiger partial charge in [-0.2, -0.15) is 0 Å². The maximum atomic E-state index is 12.2. The Morgan fingerprint density at radius 1 is 1.00 bits per heavy atom. The number of carbonyl (C=O) groups excluding carboxylic acids is 1. The number of benzene rings is 3. The number of hydrogen-bond donors (Lipinski definition) is 0. The first-order chi connectivity index (χ1) is 14.7. The molecule has 0 aromatic heterocycles. The van der Waals surface area contributed by atoms with Gasteiger partial charge in [-0.15, -0.1) is 0 Å². The van der Waals surface area contributed by atoms with Crippen molar-refractivity contribution in [3.63, 3.8) is 0 Å². The van der Waals surface area contributed by atoms with Crippen molar-refractivity contribution < 1.29 is 9.53 Å². The molecule has 3 heteroatoms. The van der Waals surface area contributed by atoms with Crippen molar-refractivity contribution in [3.05, 3.63) is 77.9 Å². The zero-order valence-electron chi connectivity index (χ0n) is 18.0. The molecule has 3 nitrogen and oxygen atoms in total. The molecule has 1 fully saturated rings. The fourth-order valence-electron chi connectivity index (χ4n) is 4.97. The first-order valence-corrected chi connectivity index (χ1v) is 11.2. The Hall–Kier alpha value is -2.81. The third-order valence-electron chi connectivity index (χ3n) is 6.37. The van der Waals surface area contributed by atoms with E-state index in [1.807, 2.05) is 25.1 Å². The van der Waals surface area contributed by atoms with Crippen LogP contribution in [0.2, 0.25) is 0 Å². The molecule has 0 radical (unpaired) electrons. The molecule has 0 saturated heterocycles. The molecule has 0 bridgehead atoms. The molecule has 4 rings (SSSR count). The molecule has 3 aromatic carbocycles. The lowest BCUT2D eigenvalue weighted by Crippen LogP contribution is -2.38. The van der Waals surface area contributed by atoms with Crippen molar-refractivity contribution in [2.45, 2.75) is 51.5 Å². The van der Waals surface area contributed by atoms with E-state index in [1.54, 1.807) is 0 Å². The van der Waals surface area contributed by atoms with Crippen molar-refractivity contribution in [1.29, 1.82) is 0 Å². The van der Waals surface area contributed by atoms with Crippen molar-refractivity contribution >= 4 is 22.4 Å². The van der Waals surface area contributed by atoms with Crippen LogP contribution in [-0.2, 0) is 4.74 Å². The number of fused-ring (bicyclic) bond motifs is 1. The monoisotopic (exact) mass is 401 g/mol. The molecule has 156 valence electrons. The third-order valence-corrected chi connectivity index (χ3v) is 6.37. The van der Waals surface area contributed by atoms with E-state index in [0.29, 0.717) is 24.1 Å². The van der Waals surface area contributed by atoms with Crippen molar-refractivity contribution in [2.24, 2.45) is 0 Å². The second-order valence-electron chi connectivity index (χ2n) is 8.15. The predicted molar refractivity (Wildman–Crippen MR) is 124 cm³/mol. The summed E-state index contributed by atoms with van der Waals surface area (Å²) in [4.78, 5) is 14.8. The lowest BCUT2D eigenvalue weighted by atomic mass is 9.80. The van der Waals surface area contributed by atoms with Crippen LogP contribution in [0, 0.1) is 0 Å². The number of hydrogen-bond acceptors (Lipinski definition) is 3. The fourth-order valence-corrected chi connectivity index (χ4v) is 4.97. The Bertz CT molecular complexity index is 1010. The highest BCUT2D eigenvalue weighted by molar-refractivity contribution is 5.94. The summed E-state index contributed by atoms with van der Waals surface area (Å²) in [7, 11) is 0. The Labute approximate surface area is 179 Å². The minimum absolute atomic E-state index is 0.224. The van der Waals surface area contributed by atoms with Gasteiger partial charge in [0, 0.05) is 23.7 Å². The highest BCUT2D eigenvalue weighted by Crippen LogP contribution is 2.38. The largest absolute Gasteiger partial charge is 0.462 e. The molecule has 2 atom stereocenters. The Kier molecular flexibility index (Phi) is 6.37. The van der Waals surface area contributed by atoms with Gasteiger partial charge in [0.05, 0.1) is 12.2 Å². The molecule has 0 heterocycles. The molecule has 0 spiro atoms. The molecule has 0 aliphatic heterocycles. The van der Waals surface area contributed by atoms with Crippen LogP contribution < -0.4 is 4.90 Å². The summed E-state index contributed by atoms with van der Waals surface area (Å²) in [5.41, 5.74) is 3.26. The summed E-state index contributed by atoms with van der Waals surface area (Å²) in [5, 5.41) is 2.62. The van der Waals surface area contributed by atoms with Crippen LogP contribution in [0.1, 0.15) is 61.4 Å². The lowest BCUT2D eigenvalue weighted by molar-refractivity contribution is 0.0526. The van der Waals surface area contributed by atoms with Crippen molar-refractivity contribution in [1.82, 2.24) is 0 Å². The van der Waals surface area contributed by atoms with Gasteiger partial charge in [0.25, 0.3) is 0 Å². The predicted octanol–water partition coefficient (Wildman–Crippen LogP) is 6.57. The van der Waals surface area contributed by atoms with E-state index in [4.69, 9.17) is 4.74 Å². The van der Waals surface area contributed by atoms with Crippen LogP contribution in [0.5, 0.6) is 0 Å². The number of anilines is 1. The van der Waals surface area contributed by atoms with Gasteiger partial charge in [0.15, 0.2) is 0 Å². The topological polar surface area (TPSA) is 29.5 Å². The molecule has 1 saturated carbocycles. The highest BCUT2D eigenvalue weighted by atomic mass is 16.5. The smallest absolute Gasteiger partial charge is 0.338 e. The summed E-state index contributed by atoms with van der Waals surface area (Å²) in [5.74, 6) is 0.250. The van der Waals surface area contributed by atoms with Crippen LogP contribution in [0.15, 0.2) is 66.7 Å². The summed E-state index contributed by atoms with van der Waals surface area (Å²) < 4.78 is 5.20. The van der Waals surface area contributed by atoms with E-state index in [-0.39, 0.29) is 5.97 Å². The van der Waals surface area contributed by atoms with Gasteiger partial charge in [0.1, 0.15) is 0 Å². The van der Waals surface area contributed by atoms with Crippen LogP contribution in [0.3, 0.4) is 0 Å². The van der Waals surface area contributed by atoms with Gasteiger partial charge >= 0.3 is 5.97 Å². The Morgan fingerprint density at radius 2 is 1.80 bits per heavy atom. The Balaban J connectivity index is 1.59. The summed E-state index contributed by atoms with van der Waals surface area (Å²) >= 11 is 0. The number of ether oxygens (including phenoxy) is 1. The van der Waals surface area contributed by atoms with Gasteiger partial charge in [-0.25, -0.2) is 4.79 Å². The van der Waals surface area contributed by atoms with Crippen molar-refractivity contribution in [2.75, 3.05) is 18.1 Å². The van der Waals surface area contributed by atoms with Gasteiger partial charge in [-0.3, -0.25) is 0 Å². The van der Waals surface area contributed by atoms with Gasteiger partial charge < -0.3 is 9.64 Å². The molecule has 3 aromatic rings. The van der Waals surface area contributed by atoms with E-state index >= 15 is 0 Å². The molecular weight excluding hydrogens is 370 g/mol. The summed E-state index contributed by atoms with van der Waals surface area (Å²) in [6.07, 6.45) is 4.71. The summed E-state index contributed by atoms with van der Waals surface area (Å²) in [6, 6.07) is 23.9. The maximum Gasteiger partial charge on any atom is 0.338 e. The SMILES string of the molecule is CCOC(=O)c1cccc(C2CCCC(N(CC)c3cccc4ccccc34)C2)c1. The highest BCUT2D eigenvalue weighted by Gasteiger charge is 2.28. The standard InChI is InChI=1S/C27H31NO2/c1-3-28(26-17-9-11-20-10-5-6-16-25(20)26)24-15-8-13-22(19-24)21-12-7-14-23(18-21)27(29)30-4-2/h5-7,9-12,14,16-18,22,24H,3-4,8,13,15,19H2,1-2H3. The number of carbonyl (C=O) groups is 1. The zero-order valence-corrected chi connectivity index (χ0v) is 18.0. The quantitative estimate of drug-likeness (QED) is 0.438. The second-order valence-corrected chi connectivity index (χ2v) is 8.15. The van der Waals surface area contributed by atoms with E-state index in [0.717, 1.165) is 13.0 Å². The maximum absolute atomic E-state index is 12.2. The van der Waals surface area contributed by atoms with Crippen LogP contribution in [0.25, 0.3) is 10.8 Å². The van der Waals surface area contributed by atoms with Crippen molar-refractivity contribution in [3.8, 4) is 0 Å². The molecule has 1 aliphatic rings. The third kappa shape index (κ3) is 4.21. The Morgan fingerprint density at radius 3 is 2.63 bits per heavy atom. The van der Waals surface area contributed by atoms with Crippen LogP contribution in [0.4, 0.5) is 5.69 Å². The van der Waals surface area contributed by atoms with E-state index in [2.05, 4.69) is 60.4 Å². The molecule has 0 amide bonds. The average Bonchev–Trinajstić information content (AvgIpc) is 2.80. The average molecular weight is 402 g/mol. The summed E-state index contributed by atoms with van der Waals surface area (Å²) in [6.45, 7) is 5.51. The van der Waals surface area contributed by atoms with Gasteiger partial charge in [0.2, 0.25) is 0 Å². The van der Waals surface area contributed by atoms with Gasteiger partial charge in [-0.05, 0) is 68.2 Å². The molecule has 1 aliphatic carbocycles. The zero-order chi connectivity index (χ0) is 20.9. The van der Waals surface area contributed by atoms with E-state index in [9.17, 15) is 4.79 Å². The van der Waals surface area contributed by atoms with E-state index in [1.165, 1.54) is 41.3 Å². The van der Waals surface area contributed by atoms with Gasteiger partial charge in [-0.1, -0.05) is 55.0 Å². The van der Waals surface area contributed by atoms with E-state index < -0.39 is 0 Å². The normalized spacial score (nSPS) is 18.9. The first kappa shape index (κ1) is 20.5. The lowest BCUT2D eigenvalue weighted by Gasteiger charge is -2.39. The number of esters is 1. The molecule has 2 unspecified atom stereocenters. The second kappa shape index (κ2) is 9.34. The molecule has 30 heavy (non-hydrogen) atoms. The minimum atomic E-state index is -0.224. The minimum Gasteiger partial charge on any atom is -0.462 e. The van der Waals surface area contributed by atoms with Crippen LogP contribution in [-0.4, -0.2) is 25.2 Å². The molecule has 0 N–H and O–H groups in total. The molecular formula is C27H31NO2.